The van der Waals surface area contributed by atoms with Crippen molar-refractivity contribution in [3.05, 3.63) is 71.9 Å². The number of H-pyrrole nitrogens is 1. The second-order valence-electron chi connectivity index (χ2n) is 13.3. The second kappa shape index (κ2) is 14.7. The van der Waals surface area contributed by atoms with Crippen LogP contribution in [0, 0.1) is 18.8 Å². The number of aryl methyl sites for hydroxylation is 1. The quantitative estimate of drug-likeness (QED) is 0.199. The minimum atomic E-state index is -0.985. The average Bonchev–Trinajstić information content (AvgIpc) is 3.59. The molecule has 6 N–H and O–H groups in total. The molecule has 48 heavy (non-hydrogen) atoms. The van der Waals surface area contributed by atoms with Crippen LogP contribution in [-0.4, -0.2) is 61.7 Å². The van der Waals surface area contributed by atoms with Crippen molar-refractivity contribution in [2.45, 2.75) is 71.4 Å². The number of aromatic nitrogens is 5. The summed E-state index contributed by atoms with van der Waals surface area (Å²) in [5, 5.41) is 16.9. The van der Waals surface area contributed by atoms with Crippen LogP contribution in [-0.2, 0) is 20.7 Å². The number of nitrogens with zero attached hydrogens (tertiary/aromatic N) is 5. The van der Waals surface area contributed by atoms with E-state index in [1.54, 1.807) is 30.3 Å². The monoisotopic (exact) mass is 653 g/mol. The van der Waals surface area contributed by atoms with Crippen molar-refractivity contribution in [2.75, 3.05) is 17.2 Å². The van der Waals surface area contributed by atoms with Crippen molar-refractivity contribution in [3.8, 4) is 22.5 Å². The lowest BCUT2D eigenvalue weighted by Crippen LogP contribution is -2.50. The minimum absolute atomic E-state index is 0.203. The first-order valence-corrected chi connectivity index (χ1v) is 16.1. The van der Waals surface area contributed by atoms with Crippen LogP contribution >= 0.6 is 0 Å². The van der Waals surface area contributed by atoms with Crippen LogP contribution in [0.2, 0.25) is 0 Å². The molecule has 0 saturated heterocycles. The molecule has 1 fully saturated rings. The Labute approximate surface area is 279 Å². The van der Waals surface area contributed by atoms with E-state index in [9.17, 15) is 14.4 Å². The lowest BCUT2D eigenvalue weighted by atomic mass is 9.81. The molecule has 1 aliphatic carbocycles. The maximum absolute atomic E-state index is 14.1. The normalized spacial score (nSPS) is 16.9. The average molecular weight is 654 g/mol. The van der Waals surface area contributed by atoms with E-state index in [0.29, 0.717) is 42.3 Å². The van der Waals surface area contributed by atoms with Gasteiger partial charge < -0.3 is 21.5 Å². The molecule has 1 saturated carbocycles. The molecule has 252 valence electrons. The van der Waals surface area contributed by atoms with Gasteiger partial charge in [-0.05, 0) is 118 Å². The Kier molecular flexibility index (Phi) is 10.5. The number of tetrazole rings is 1. The molecular formula is C35H43N9O4. The Bertz CT molecular complexity index is 1730. The number of alkyl carbamates (subject to hydrolysis) is 1. The number of pyridine rings is 1. The minimum Gasteiger partial charge on any atom is -0.444 e. The predicted octanol–water partition coefficient (Wildman–Crippen LogP) is 4.58. The largest absolute Gasteiger partial charge is 0.444 e. The molecule has 0 bridgehead atoms. The first kappa shape index (κ1) is 34.2. The van der Waals surface area contributed by atoms with E-state index in [2.05, 4.69) is 30.9 Å². The van der Waals surface area contributed by atoms with Gasteiger partial charge in [0, 0.05) is 29.3 Å². The number of hydrogen-bond acceptors (Lipinski definition) is 10. The number of hydrogen-bond donors (Lipinski definition) is 4. The van der Waals surface area contributed by atoms with Crippen LogP contribution in [0.3, 0.4) is 0 Å². The van der Waals surface area contributed by atoms with E-state index in [1.165, 1.54) is 4.90 Å². The van der Waals surface area contributed by atoms with Gasteiger partial charge >= 0.3 is 6.09 Å². The van der Waals surface area contributed by atoms with Gasteiger partial charge in [0.05, 0.1) is 11.7 Å². The number of ether oxygens (including phenoxy) is 1. The van der Waals surface area contributed by atoms with Gasteiger partial charge in [-0.25, -0.2) is 14.7 Å². The number of amides is 3. The molecule has 5 rings (SSSR count). The number of rotatable bonds is 9. The molecule has 13 heteroatoms. The van der Waals surface area contributed by atoms with Crippen LogP contribution < -0.4 is 21.7 Å². The van der Waals surface area contributed by atoms with Crippen LogP contribution in [0.15, 0.2) is 60.7 Å². The highest BCUT2D eigenvalue weighted by molar-refractivity contribution is 6.17. The topological polar surface area (TPSA) is 195 Å². The fraction of sp³-hybridized carbons (Fsp3) is 0.400. The van der Waals surface area contributed by atoms with Gasteiger partial charge in [-0.2, -0.15) is 5.21 Å². The lowest BCUT2D eigenvalue weighted by Gasteiger charge is -2.32. The van der Waals surface area contributed by atoms with Crippen molar-refractivity contribution in [1.29, 1.82) is 0 Å². The highest BCUT2D eigenvalue weighted by Crippen LogP contribution is 2.32. The zero-order chi connectivity index (χ0) is 34.4. The number of nitrogen functional groups attached to an aromatic ring is 1. The van der Waals surface area contributed by atoms with Crippen LogP contribution in [0.1, 0.15) is 57.7 Å². The number of aromatic amines is 1. The van der Waals surface area contributed by atoms with Crippen molar-refractivity contribution < 1.29 is 19.1 Å². The molecule has 2 aromatic heterocycles. The first-order valence-electron chi connectivity index (χ1n) is 16.1. The predicted molar refractivity (Wildman–Crippen MR) is 182 cm³/mol. The molecule has 1 atom stereocenters. The standard InChI is InChI=1S/C35H43N9O4/c1-21-28(16-17-30(37)39-21)26-7-5-6-23(18-26)19-29(36)33(46)44(27-14-12-24(13-15-27)31-40-42-43-41-31)32(45)25-10-8-22(9-11-25)20-38-34(47)48-35(2,3)4/h5-7,12-18,22,25,29H,8-11,19-20,36H2,1-4H3,(H2,37,39)(H,38,47)(H,40,41,42,43)/t22?,25?,29-/m0/s1. The van der Waals surface area contributed by atoms with Gasteiger partial charge in [-0.3, -0.25) is 9.59 Å². The zero-order valence-corrected chi connectivity index (χ0v) is 27.8. The maximum Gasteiger partial charge on any atom is 0.407 e. The van der Waals surface area contributed by atoms with Crippen LogP contribution in [0.4, 0.5) is 16.3 Å². The molecule has 0 unspecified atom stereocenters. The number of nitrogens with one attached hydrogen (secondary N) is 2. The number of anilines is 2. The summed E-state index contributed by atoms with van der Waals surface area (Å²) < 4.78 is 5.35. The SMILES string of the molecule is Cc1nc(N)ccc1-c1cccc(C[C@H](N)C(=O)N(C(=O)C2CCC(CNC(=O)OC(C)(C)C)CC2)c2ccc(-c3nn[nH]n3)cc2)c1. The Morgan fingerprint density at radius 1 is 1.02 bits per heavy atom. The third-order valence-corrected chi connectivity index (χ3v) is 8.42. The van der Waals surface area contributed by atoms with Gasteiger partial charge in [-0.15, -0.1) is 10.2 Å². The summed E-state index contributed by atoms with van der Waals surface area (Å²) in [6.45, 7) is 7.81. The summed E-state index contributed by atoms with van der Waals surface area (Å²) in [5.74, 6) is -0.113. The molecule has 0 radical (unpaired) electrons. The van der Waals surface area contributed by atoms with Gasteiger partial charge in [-0.1, -0.05) is 24.3 Å². The smallest absolute Gasteiger partial charge is 0.407 e. The zero-order valence-electron chi connectivity index (χ0n) is 27.8. The van der Waals surface area contributed by atoms with Crippen LogP contribution in [0.25, 0.3) is 22.5 Å². The van der Waals surface area contributed by atoms with Crippen molar-refractivity contribution in [3.63, 3.8) is 0 Å². The molecule has 2 heterocycles. The Morgan fingerprint density at radius 3 is 2.40 bits per heavy atom. The maximum atomic E-state index is 14.1. The Balaban J connectivity index is 1.31. The molecule has 2 aromatic carbocycles. The number of benzene rings is 2. The summed E-state index contributed by atoms with van der Waals surface area (Å²) in [6, 6.07) is 17.3. The van der Waals surface area contributed by atoms with Gasteiger partial charge in [0.2, 0.25) is 11.7 Å². The van der Waals surface area contributed by atoms with E-state index >= 15 is 0 Å². The number of imide groups is 1. The third-order valence-electron chi connectivity index (χ3n) is 8.42. The van der Waals surface area contributed by atoms with E-state index in [1.807, 2.05) is 58.0 Å². The summed E-state index contributed by atoms with van der Waals surface area (Å²) in [5.41, 5.74) is 16.4. The molecule has 1 aliphatic rings. The third kappa shape index (κ3) is 8.59. The number of carbonyl (C=O) groups excluding carboxylic acids is 3. The highest BCUT2D eigenvalue weighted by atomic mass is 16.6. The van der Waals surface area contributed by atoms with Crippen molar-refractivity contribution in [1.82, 2.24) is 30.9 Å². The second-order valence-corrected chi connectivity index (χ2v) is 13.3. The summed E-state index contributed by atoms with van der Waals surface area (Å²) in [4.78, 5) is 46.0. The molecular weight excluding hydrogens is 610 g/mol. The van der Waals surface area contributed by atoms with Crippen LogP contribution in [0.5, 0.6) is 0 Å². The highest BCUT2D eigenvalue weighted by Gasteiger charge is 2.35. The van der Waals surface area contributed by atoms with E-state index in [4.69, 9.17) is 16.2 Å². The Hall–Kier alpha value is -5.17. The lowest BCUT2D eigenvalue weighted by molar-refractivity contribution is -0.130. The van der Waals surface area contributed by atoms with Gasteiger partial charge in [0.25, 0.3) is 5.91 Å². The first-order chi connectivity index (χ1) is 22.9. The van der Waals surface area contributed by atoms with Gasteiger partial charge in [0.15, 0.2) is 0 Å². The van der Waals surface area contributed by atoms with Gasteiger partial charge in [0.1, 0.15) is 11.4 Å². The molecule has 0 aliphatic heterocycles. The fourth-order valence-electron chi connectivity index (χ4n) is 6.00. The number of carbonyl (C=O) groups is 3. The molecule has 13 nitrogen and oxygen atoms in total. The molecule has 0 spiro atoms. The summed E-state index contributed by atoms with van der Waals surface area (Å²) in [6.07, 6.45) is 2.38. The van der Waals surface area contributed by atoms with E-state index in [0.717, 1.165) is 35.2 Å². The van der Waals surface area contributed by atoms with Crippen molar-refractivity contribution >= 4 is 29.4 Å². The number of nitrogens with two attached hydrogens (primary N) is 2. The van der Waals surface area contributed by atoms with Crippen molar-refractivity contribution in [2.24, 2.45) is 17.6 Å². The Morgan fingerprint density at radius 2 is 1.75 bits per heavy atom. The molecule has 4 aromatic rings. The fourth-order valence-corrected chi connectivity index (χ4v) is 6.00. The summed E-state index contributed by atoms with van der Waals surface area (Å²) in [7, 11) is 0. The molecule has 3 amide bonds. The summed E-state index contributed by atoms with van der Waals surface area (Å²) >= 11 is 0. The van der Waals surface area contributed by atoms with E-state index in [-0.39, 0.29) is 24.2 Å². The van der Waals surface area contributed by atoms with E-state index < -0.39 is 23.6 Å².